The maximum Gasteiger partial charge on any atom is 0.177 e. The van der Waals surface area contributed by atoms with Gasteiger partial charge in [0.05, 0.1) is 0 Å². The van der Waals surface area contributed by atoms with E-state index in [9.17, 15) is 5.21 Å². The summed E-state index contributed by atoms with van der Waals surface area (Å²) in [5, 5.41) is 11.7. The van der Waals surface area contributed by atoms with Crippen LogP contribution in [0.5, 0.6) is 0 Å². The molecular weight excluding hydrogens is 222 g/mol. The number of hydrogen-bond acceptors (Lipinski definition) is 1. The Hall–Kier alpha value is -1.83. The molecule has 0 heterocycles. The molecule has 96 valence electrons. The van der Waals surface area contributed by atoms with Gasteiger partial charge in [-0.3, -0.25) is 0 Å². The summed E-state index contributed by atoms with van der Waals surface area (Å²) in [5.41, 5.74) is 1.70. The van der Waals surface area contributed by atoms with E-state index in [1.165, 1.54) is 0 Å². The molecule has 0 saturated heterocycles. The molecule has 1 rings (SSSR count). The first-order valence-corrected chi connectivity index (χ1v) is 6.11. The van der Waals surface area contributed by atoms with Crippen LogP contribution >= 0.6 is 0 Å². The van der Waals surface area contributed by atoms with Crippen molar-refractivity contribution >= 4 is 12.3 Å². The third-order valence-electron chi connectivity index (χ3n) is 2.43. The van der Waals surface area contributed by atoms with Gasteiger partial charge >= 0.3 is 0 Å². The smallest absolute Gasteiger partial charge is 0.177 e. The van der Waals surface area contributed by atoms with Crippen LogP contribution in [0.15, 0.2) is 48.1 Å². The van der Waals surface area contributed by atoms with Gasteiger partial charge in [0.15, 0.2) is 11.8 Å². The predicted molar refractivity (Wildman–Crippen MR) is 78.7 cm³/mol. The predicted octanol–water partition coefficient (Wildman–Crippen LogP) is 4.03. The van der Waals surface area contributed by atoms with Crippen molar-refractivity contribution in [2.45, 2.75) is 33.2 Å². The fraction of sp³-hybridized carbons (Fsp3) is 0.312. The van der Waals surface area contributed by atoms with E-state index < -0.39 is 5.54 Å². The van der Waals surface area contributed by atoms with E-state index in [0.717, 1.165) is 15.9 Å². The summed E-state index contributed by atoms with van der Waals surface area (Å²) in [6.07, 6.45) is 7.53. The average molecular weight is 243 g/mol. The number of hydrogen-bond donors (Lipinski definition) is 0. The molecule has 0 N–H and O–H groups in total. The molecule has 0 aliphatic carbocycles. The highest BCUT2D eigenvalue weighted by molar-refractivity contribution is 5.74. The van der Waals surface area contributed by atoms with Crippen molar-refractivity contribution in [3.05, 3.63) is 58.8 Å². The van der Waals surface area contributed by atoms with Crippen LogP contribution in [0.1, 0.15) is 33.3 Å². The Bertz CT molecular complexity index is 462. The Labute approximate surface area is 110 Å². The topological polar surface area (TPSA) is 26.1 Å². The fourth-order valence-electron chi connectivity index (χ4n) is 1.30. The van der Waals surface area contributed by atoms with Crippen molar-refractivity contribution in [2.75, 3.05) is 0 Å². The van der Waals surface area contributed by atoms with Gasteiger partial charge in [-0.25, -0.2) is 4.74 Å². The van der Waals surface area contributed by atoms with Gasteiger partial charge in [0.2, 0.25) is 0 Å². The van der Waals surface area contributed by atoms with Crippen LogP contribution in [-0.4, -0.2) is 16.5 Å². The first-order valence-electron chi connectivity index (χ1n) is 6.11. The summed E-state index contributed by atoms with van der Waals surface area (Å²) in [7, 11) is 0. The van der Waals surface area contributed by atoms with Gasteiger partial charge in [0, 0.05) is 26.3 Å². The Morgan fingerprint density at radius 3 is 2.33 bits per heavy atom. The van der Waals surface area contributed by atoms with Crippen molar-refractivity contribution in [3.63, 3.8) is 0 Å². The molecule has 0 aromatic heterocycles. The SMILES string of the molecule is CC(/C=[N+](\[O-])C(C)(C)C)=C\C=C\c1ccccc1. The van der Waals surface area contributed by atoms with Gasteiger partial charge in [-0.1, -0.05) is 48.6 Å². The first-order chi connectivity index (χ1) is 8.39. The molecule has 0 unspecified atom stereocenters. The number of benzene rings is 1. The number of rotatable bonds is 3. The van der Waals surface area contributed by atoms with E-state index in [2.05, 4.69) is 0 Å². The summed E-state index contributed by atoms with van der Waals surface area (Å²) < 4.78 is 0.981. The van der Waals surface area contributed by atoms with E-state index in [1.807, 2.05) is 76.3 Å². The van der Waals surface area contributed by atoms with Gasteiger partial charge in [-0.05, 0) is 12.5 Å². The van der Waals surface area contributed by atoms with E-state index >= 15 is 0 Å². The van der Waals surface area contributed by atoms with Crippen LogP contribution in [0.4, 0.5) is 0 Å². The fourth-order valence-corrected chi connectivity index (χ4v) is 1.30. The Kier molecular flexibility index (Phi) is 4.90. The third kappa shape index (κ3) is 5.00. The summed E-state index contributed by atoms with van der Waals surface area (Å²) in [6, 6.07) is 10.1. The van der Waals surface area contributed by atoms with E-state index in [1.54, 1.807) is 6.21 Å². The number of hydroxylamine groups is 1. The highest BCUT2D eigenvalue weighted by atomic mass is 16.5. The van der Waals surface area contributed by atoms with Crippen LogP contribution in [0.3, 0.4) is 0 Å². The van der Waals surface area contributed by atoms with Crippen LogP contribution in [0.25, 0.3) is 6.08 Å². The number of nitrogens with zero attached hydrogens (tertiary/aromatic N) is 1. The van der Waals surface area contributed by atoms with Crippen LogP contribution in [-0.2, 0) is 0 Å². The second kappa shape index (κ2) is 6.20. The van der Waals surface area contributed by atoms with E-state index in [0.29, 0.717) is 0 Å². The van der Waals surface area contributed by atoms with Crippen molar-refractivity contribution < 1.29 is 4.74 Å². The molecule has 0 saturated carbocycles. The molecule has 1 aromatic rings. The minimum atomic E-state index is -0.391. The number of allylic oxidation sites excluding steroid dienone is 3. The summed E-state index contributed by atoms with van der Waals surface area (Å²) in [5.74, 6) is 0. The third-order valence-corrected chi connectivity index (χ3v) is 2.43. The van der Waals surface area contributed by atoms with Gasteiger partial charge < -0.3 is 5.21 Å². The lowest BCUT2D eigenvalue weighted by molar-refractivity contribution is -0.530. The van der Waals surface area contributed by atoms with Gasteiger partial charge in [0.1, 0.15) is 0 Å². The molecule has 0 amide bonds. The molecule has 18 heavy (non-hydrogen) atoms. The molecule has 0 aliphatic heterocycles. The lowest BCUT2D eigenvalue weighted by atomic mass is 10.1. The highest BCUT2D eigenvalue weighted by Gasteiger charge is 2.17. The monoisotopic (exact) mass is 243 g/mol. The zero-order valence-corrected chi connectivity index (χ0v) is 11.6. The molecule has 0 fully saturated rings. The van der Waals surface area contributed by atoms with Crippen molar-refractivity contribution in [1.29, 1.82) is 0 Å². The molecule has 0 aliphatic rings. The molecule has 2 nitrogen and oxygen atoms in total. The molecule has 0 bridgehead atoms. The van der Waals surface area contributed by atoms with Crippen LogP contribution in [0, 0.1) is 5.21 Å². The quantitative estimate of drug-likeness (QED) is 0.259. The lowest BCUT2D eigenvalue weighted by Gasteiger charge is -2.18. The molecule has 0 atom stereocenters. The van der Waals surface area contributed by atoms with Gasteiger partial charge in [-0.2, -0.15) is 0 Å². The van der Waals surface area contributed by atoms with Gasteiger partial charge in [0.25, 0.3) is 0 Å². The maximum absolute atomic E-state index is 11.7. The second-order valence-corrected chi connectivity index (χ2v) is 5.31. The highest BCUT2D eigenvalue weighted by Crippen LogP contribution is 2.06. The van der Waals surface area contributed by atoms with Crippen LogP contribution < -0.4 is 0 Å². The standard InChI is InChI=1S/C16H21NO/c1-14(13-17(18)16(2,3)4)9-8-12-15-10-6-5-7-11-15/h5-13H,1-4H3/b12-8+,14-9+,17-13-. The summed E-state index contributed by atoms with van der Waals surface area (Å²) in [6.45, 7) is 7.60. The van der Waals surface area contributed by atoms with E-state index in [-0.39, 0.29) is 0 Å². The van der Waals surface area contributed by atoms with Gasteiger partial charge in [-0.15, -0.1) is 0 Å². The van der Waals surface area contributed by atoms with Crippen molar-refractivity contribution in [3.8, 4) is 0 Å². The Morgan fingerprint density at radius 2 is 1.78 bits per heavy atom. The van der Waals surface area contributed by atoms with Crippen molar-refractivity contribution in [1.82, 2.24) is 0 Å². The zero-order valence-electron chi connectivity index (χ0n) is 11.6. The molecular formula is C16H21NO. The molecule has 2 heteroatoms. The molecule has 0 radical (unpaired) electrons. The average Bonchev–Trinajstić information content (AvgIpc) is 2.29. The minimum Gasteiger partial charge on any atom is -0.623 e. The lowest BCUT2D eigenvalue weighted by Crippen LogP contribution is -2.29. The second-order valence-electron chi connectivity index (χ2n) is 5.31. The van der Waals surface area contributed by atoms with Crippen molar-refractivity contribution in [2.24, 2.45) is 0 Å². The zero-order chi connectivity index (χ0) is 13.6. The Balaban J connectivity index is 2.71. The first kappa shape index (κ1) is 14.2. The summed E-state index contributed by atoms with van der Waals surface area (Å²) in [4.78, 5) is 0. The Morgan fingerprint density at radius 1 is 1.17 bits per heavy atom. The largest absolute Gasteiger partial charge is 0.623 e. The summed E-state index contributed by atoms with van der Waals surface area (Å²) >= 11 is 0. The van der Waals surface area contributed by atoms with Crippen LogP contribution in [0.2, 0.25) is 0 Å². The minimum absolute atomic E-state index is 0.391. The van der Waals surface area contributed by atoms with E-state index in [4.69, 9.17) is 0 Å². The molecule has 0 spiro atoms. The normalized spacial score (nSPS) is 14.2. The molecule has 1 aromatic carbocycles. The maximum atomic E-state index is 11.7.